The predicted octanol–water partition coefficient (Wildman–Crippen LogP) is 3.87. The van der Waals surface area contributed by atoms with Crippen molar-refractivity contribution in [1.82, 2.24) is 4.90 Å². The number of rotatable bonds is 4. The van der Waals surface area contributed by atoms with Crippen molar-refractivity contribution in [2.45, 2.75) is 22.8 Å². The Kier molecular flexibility index (Phi) is 4.62. The molecule has 1 aliphatic heterocycles. The highest BCUT2D eigenvalue weighted by atomic mass is 32.2. The van der Waals surface area contributed by atoms with E-state index >= 15 is 0 Å². The van der Waals surface area contributed by atoms with E-state index in [-0.39, 0.29) is 0 Å². The zero-order valence-electron chi connectivity index (χ0n) is 13.6. The van der Waals surface area contributed by atoms with Crippen molar-refractivity contribution < 1.29 is 0 Å². The normalized spacial score (nSPS) is 14.3. The standard InChI is InChI=1S/C18H21N3S2/c1-12(11-20(2)3)21-14-6-4-5-7-16(14)23-17-9-8-13(18(19)22)10-15(17)21/h4-10,12H,11H2,1-3H3,(H2,19,22)/t12-/m1/s1. The minimum Gasteiger partial charge on any atom is -0.389 e. The predicted molar refractivity (Wildman–Crippen MR) is 103 cm³/mol. The molecule has 3 nitrogen and oxygen atoms in total. The first-order valence-corrected chi connectivity index (χ1v) is 8.84. The molecular weight excluding hydrogens is 322 g/mol. The van der Waals surface area contributed by atoms with Gasteiger partial charge in [-0.25, -0.2) is 0 Å². The first-order chi connectivity index (χ1) is 11.0. The molecular formula is C18H21N3S2. The van der Waals surface area contributed by atoms with Crippen molar-refractivity contribution in [2.75, 3.05) is 25.5 Å². The largest absolute Gasteiger partial charge is 0.389 e. The number of nitrogens with zero attached hydrogens (tertiary/aromatic N) is 2. The van der Waals surface area contributed by atoms with E-state index < -0.39 is 0 Å². The second kappa shape index (κ2) is 6.51. The first kappa shape index (κ1) is 16.3. The molecule has 1 aliphatic rings. The van der Waals surface area contributed by atoms with Gasteiger partial charge in [0.25, 0.3) is 0 Å². The lowest BCUT2D eigenvalue weighted by Crippen LogP contribution is -2.38. The lowest BCUT2D eigenvalue weighted by molar-refractivity contribution is 0.380. The summed E-state index contributed by atoms with van der Waals surface area (Å²) in [6.07, 6.45) is 0. The third kappa shape index (κ3) is 3.22. The van der Waals surface area contributed by atoms with Crippen LogP contribution in [-0.2, 0) is 0 Å². The fourth-order valence-corrected chi connectivity index (χ4v) is 4.20. The van der Waals surface area contributed by atoms with Crippen molar-refractivity contribution in [3.8, 4) is 0 Å². The second-order valence-electron chi connectivity index (χ2n) is 6.10. The number of para-hydroxylation sites is 1. The molecule has 2 aromatic carbocycles. The molecule has 0 aromatic heterocycles. The number of hydrogen-bond acceptors (Lipinski definition) is 4. The summed E-state index contributed by atoms with van der Waals surface area (Å²) < 4.78 is 0. The molecule has 1 atom stereocenters. The van der Waals surface area contributed by atoms with Crippen LogP contribution in [0.1, 0.15) is 12.5 Å². The molecule has 2 aromatic rings. The molecule has 120 valence electrons. The minimum atomic E-state index is 0.340. The highest BCUT2D eigenvalue weighted by molar-refractivity contribution is 7.99. The van der Waals surface area contributed by atoms with Gasteiger partial charge < -0.3 is 15.5 Å². The van der Waals surface area contributed by atoms with Crippen molar-refractivity contribution >= 4 is 40.3 Å². The smallest absolute Gasteiger partial charge is 0.104 e. The summed E-state index contributed by atoms with van der Waals surface area (Å²) in [7, 11) is 4.21. The molecule has 0 bridgehead atoms. The van der Waals surface area contributed by atoms with Crippen molar-refractivity contribution in [3.05, 3.63) is 48.0 Å². The Balaban J connectivity index is 2.12. The van der Waals surface area contributed by atoms with E-state index in [2.05, 4.69) is 67.2 Å². The number of thiocarbonyl (C=S) groups is 1. The Hall–Kier alpha value is -1.56. The van der Waals surface area contributed by atoms with Crippen LogP contribution >= 0.6 is 24.0 Å². The van der Waals surface area contributed by atoms with Crippen LogP contribution in [0, 0.1) is 0 Å². The maximum atomic E-state index is 5.84. The molecule has 0 saturated carbocycles. The summed E-state index contributed by atoms with van der Waals surface area (Å²) in [5.41, 5.74) is 9.20. The van der Waals surface area contributed by atoms with E-state index in [1.807, 2.05) is 6.07 Å². The quantitative estimate of drug-likeness (QED) is 0.852. The third-order valence-corrected chi connectivity index (χ3v) is 5.28. The highest BCUT2D eigenvalue weighted by Crippen LogP contribution is 2.49. The Morgan fingerprint density at radius 2 is 1.87 bits per heavy atom. The Morgan fingerprint density at radius 3 is 2.57 bits per heavy atom. The topological polar surface area (TPSA) is 32.5 Å². The van der Waals surface area contributed by atoms with Gasteiger partial charge in [0, 0.05) is 27.9 Å². The van der Waals surface area contributed by atoms with Crippen LogP contribution < -0.4 is 10.6 Å². The summed E-state index contributed by atoms with van der Waals surface area (Å²) in [5, 5.41) is 0. The summed E-state index contributed by atoms with van der Waals surface area (Å²) in [6.45, 7) is 3.22. The van der Waals surface area contributed by atoms with E-state index in [9.17, 15) is 0 Å². The minimum absolute atomic E-state index is 0.340. The van der Waals surface area contributed by atoms with Gasteiger partial charge in [-0.2, -0.15) is 0 Å². The SMILES string of the molecule is C[C@H](CN(C)C)N1c2ccccc2Sc2ccc(C(N)=S)cc21. The van der Waals surface area contributed by atoms with Gasteiger partial charge in [-0.15, -0.1) is 0 Å². The molecule has 0 spiro atoms. The summed E-state index contributed by atoms with van der Waals surface area (Å²) in [5.74, 6) is 0. The van der Waals surface area contributed by atoms with Gasteiger partial charge in [0.15, 0.2) is 0 Å². The maximum Gasteiger partial charge on any atom is 0.104 e. The van der Waals surface area contributed by atoms with Gasteiger partial charge in [-0.3, -0.25) is 0 Å². The molecule has 0 aliphatic carbocycles. The van der Waals surface area contributed by atoms with Crippen molar-refractivity contribution in [3.63, 3.8) is 0 Å². The van der Waals surface area contributed by atoms with Gasteiger partial charge in [-0.05, 0) is 45.3 Å². The maximum absolute atomic E-state index is 5.84. The highest BCUT2D eigenvalue weighted by Gasteiger charge is 2.27. The van der Waals surface area contributed by atoms with Gasteiger partial charge in [0.1, 0.15) is 4.99 Å². The Labute approximate surface area is 147 Å². The fourth-order valence-electron chi connectivity index (χ4n) is 3.02. The lowest BCUT2D eigenvalue weighted by Gasteiger charge is -2.38. The average Bonchev–Trinajstić information content (AvgIpc) is 2.51. The van der Waals surface area contributed by atoms with Crippen LogP contribution in [0.3, 0.4) is 0 Å². The molecule has 0 unspecified atom stereocenters. The zero-order chi connectivity index (χ0) is 16.6. The Bertz CT molecular complexity index is 743. The van der Waals surface area contributed by atoms with Crippen LogP contribution in [0.5, 0.6) is 0 Å². The molecule has 0 radical (unpaired) electrons. The van der Waals surface area contributed by atoms with Crippen LogP contribution in [0.15, 0.2) is 52.3 Å². The summed E-state index contributed by atoms with van der Waals surface area (Å²) >= 11 is 6.97. The monoisotopic (exact) mass is 343 g/mol. The van der Waals surface area contributed by atoms with Crippen molar-refractivity contribution in [2.24, 2.45) is 5.73 Å². The van der Waals surface area contributed by atoms with Gasteiger partial charge >= 0.3 is 0 Å². The van der Waals surface area contributed by atoms with E-state index in [4.69, 9.17) is 18.0 Å². The van der Waals surface area contributed by atoms with Crippen LogP contribution in [0.25, 0.3) is 0 Å². The van der Waals surface area contributed by atoms with Gasteiger partial charge in [0.2, 0.25) is 0 Å². The van der Waals surface area contributed by atoms with Gasteiger partial charge in [0.05, 0.1) is 11.4 Å². The Morgan fingerprint density at radius 1 is 1.17 bits per heavy atom. The lowest BCUT2D eigenvalue weighted by atomic mass is 10.1. The first-order valence-electron chi connectivity index (χ1n) is 7.62. The molecule has 3 rings (SSSR count). The summed E-state index contributed by atoms with van der Waals surface area (Å²) in [4.78, 5) is 7.59. The van der Waals surface area contributed by atoms with Gasteiger partial charge in [-0.1, -0.05) is 42.2 Å². The van der Waals surface area contributed by atoms with E-state index in [0.29, 0.717) is 11.0 Å². The number of fused-ring (bicyclic) bond motifs is 2. The zero-order valence-corrected chi connectivity index (χ0v) is 15.2. The molecule has 0 saturated heterocycles. The number of anilines is 2. The third-order valence-electron chi connectivity index (χ3n) is 3.92. The molecule has 5 heteroatoms. The summed E-state index contributed by atoms with van der Waals surface area (Å²) in [6, 6.07) is 15.1. The van der Waals surface area contributed by atoms with Crippen LogP contribution in [-0.4, -0.2) is 36.6 Å². The number of nitrogens with two attached hydrogens (primary N) is 1. The second-order valence-corrected chi connectivity index (χ2v) is 7.62. The average molecular weight is 344 g/mol. The molecule has 0 amide bonds. The molecule has 23 heavy (non-hydrogen) atoms. The van der Waals surface area contributed by atoms with Crippen molar-refractivity contribution in [1.29, 1.82) is 0 Å². The number of hydrogen-bond donors (Lipinski definition) is 1. The fraction of sp³-hybridized carbons (Fsp3) is 0.278. The number of benzene rings is 2. The van der Waals surface area contributed by atoms with E-state index in [1.54, 1.807) is 11.8 Å². The van der Waals surface area contributed by atoms with E-state index in [1.165, 1.54) is 21.2 Å². The molecule has 2 N–H and O–H groups in total. The van der Waals surface area contributed by atoms with Crippen LogP contribution in [0.2, 0.25) is 0 Å². The molecule has 0 fully saturated rings. The number of likely N-dealkylation sites (N-methyl/N-ethyl adjacent to an activating group) is 1. The van der Waals surface area contributed by atoms with Crippen LogP contribution in [0.4, 0.5) is 11.4 Å². The van der Waals surface area contributed by atoms with E-state index in [0.717, 1.165) is 12.1 Å². The molecule has 1 heterocycles.